The maximum Gasteiger partial charge on any atom is 0.273 e. The van der Waals surface area contributed by atoms with Crippen LogP contribution in [0.25, 0.3) is 0 Å². The van der Waals surface area contributed by atoms with E-state index in [4.69, 9.17) is 4.74 Å². The summed E-state index contributed by atoms with van der Waals surface area (Å²) in [4.78, 5) is 21.8. The highest BCUT2D eigenvalue weighted by Crippen LogP contribution is 2.27. The van der Waals surface area contributed by atoms with Gasteiger partial charge in [0.05, 0.1) is 6.04 Å². The van der Waals surface area contributed by atoms with E-state index >= 15 is 0 Å². The van der Waals surface area contributed by atoms with Crippen molar-refractivity contribution in [3.05, 3.63) is 82.1 Å². The van der Waals surface area contributed by atoms with E-state index in [2.05, 4.69) is 29.1 Å². The average Bonchev–Trinajstić information content (AvgIpc) is 3.22. The number of ether oxygens (including phenoxy) is 1. The third kappa shape index (κ3) is 4.63. The van der Waals surface area contributed by atoms with Gasteiger partial charge in [-0.3, -0.25) is 4.79 Å². The number of halogens is 1. The summed E-state index contributed by atoms with van der Waals surface area (Å²) in [7, 11) is 2.07. The van der Waals surface area contributed by atoms with E-state index in [0.29, 0.717) is 23.0 Å². The maximum absolute atomic E-state index is 13.2. The van der Waals surface area contributed by atoms with Crippen molar-refractivity contribution in [2.75, 3.05) is 26.7 Å². The van der Waals surface area contributed by atoms with Crippen LogP contribution in [-0.4, -0.2) is 47.4 Å². The Hall–Kier alpha value is -2.77. The molecule has 7 heteroatoms. The number of nitrogens with zero attached hydrogens (tertiary/aromatic N) is 3. The molecule has 1 aliphatic heterocycles. The first-order chi connectivity index (χ1) is 14.1. The van der Waals surface area contributed by atoms with Crippen molar-refractivity contribution in [3.63, 3.8) is 0 Å². The zero-order chi connectivity index (χ0) is 20.2. The summed E-state index contributed by atoms with van der Waals surface area (Å²) >= 11 is 1.39. The minimum Gasteiger partial charge on any atom is -0.486 e. The Balaban J connectivity index is 1.46. The monoisotopic (exact) mass is 411 g/mol. The van der Waals surface area contributed by atoms with Crippen molar-refractivity contribution >= 4 is 17.2 Å². The summed E-state index contributed by atoms with van der Waals surface area (Å²) in [5.41, 5.74) is 1.57. The lowest BCUT2D eigenvalue weighted by Gasteiger charge is -2.40. The van der Waals surface area contributed by atoms with Gasteiger partial charge in [-0.2, -0.15) is 0 Å². The smallest absolute Gasteiger partial charge is 0.273 e. The molecule has 1 fully saturated rings. The Bertz CT molecular complexity index is 962. The molecule has 0 bridgehead atoms. The molecule has 0 saturated carbocycles. The summed E-state index contributed by atoms with van der Waals surface area (Å²) in [6.07, 6.45) is 0. The number of aromatic nitrogens is 1. The van der Waals surface area contributed by atoms with Crippen LogP contribution in [-0.2, 0) is 6.61 Å². The average molecular weight is 412 g/mol. The summed E-state index contributed by atoms with van der Waals surface area (Å²) in [6, 6.07) is 16.0. The van der Waals surface area contributed by atoms with Gasteiger partial charge in [0.1, 0.15) is 28.9 Å². The Morgan fingerprint density at radius 1 is 1.17 bits per heavy atom. The number of likely N-dealkylation sites (N-methyl/N-ethyl adjacent to an activating group) is 1. The van der Waals surface area contributed by atoms with Gasteiger partial charge in [0.15, 0.2) is 0 Å². The summed E-state index contributed by atoms with van der Waals surface area (Å²) in [5, 5.41) is 2.49. The van der Waals surface area contributed by atoms with Crippen molar-refractivity contribution in [1.82, 2.24) is 14.8 Å². The molecule has 2 heterocycles. The van der Waals surface area contributed by atoms with Crippen molar-refractivity contribution in [1.29, 1.82) is 0 Å². The fourth-order valence-electron chi connectivity index (χ4n) is 3.42. The van der Waals surface area contributed by atoms with Crippen LogP contribution < -0.4 is 4.74 Å². The van der Waals surface area contributed by atoms with Crippen molar-refractivity contribution in [2.45, 2.75) is 12.6 Å². The molecular weight excluding hydrogens is 389 g/mol. The number of benzene rings is 2. The summed E-state index contributed by atoms with van der Waals surface area (Å²) in [5.74, 6) is 0.202. The first-order valence-electron chi connectivity index (χ1n) is 9.47. The van der Waals surface area contributed by atoms with Gasteiger partial charge in [0.25, 0.3) is 5.91 Å². The minimum absolute atomic E-state index is 0.00284. The Kier molecular flexibility index (Phi) is 5.87. The summed E-state index contributed by atoms with van der Waals surface area (Å²) in [6.45, 7) is 2.53. The van der Waals surface area contributed by atoms with Crippen LogP contribution >= 0.6 is 11.3 Å². The molecule has 0 aliphatic carbocycles. The zero-order valence-electron chi connectivity index (χ0n) is 16.1. The number of amides is 1. The van der Waals surface area contributed by atoms with Crippen LogP contribution in [0, 0.1) is 5.82 Å². The second kappa shape index (κ2) is 8.71. The Morgan fingerprint density at radius 2 is 1.93 bits per heavy atom. The quantitative estimate of drug-likeness (QED) is 0.637. The van der Waals surface area contributed by atoms with Gasteiger partial charge >= 0.3 is 0 Å². The molecule has 1 aromatic heterocycles. The van der Waals surface area contributed by atoms with E-state index in [1.807, 2.05) is 23.1 Å². The standard InChI is InChI=1S/C22H22FN3O2S/c1-25-11-12-26(20(13-25)16-5-3-2-4-6-16)22(27)19-15-29-21(24-19)14-28-18-9-7-17(23)8-10-18/h2-10,15,20H,11-14H2,1H3. The first-order valence-corrected chi connectivity index (χ1v) is 10.4. The molecule has 1 amide bonds. The fraction of sp³-hybridized carbons (Fsp3) is 0.273. The molecule has 0 spiro atoms. The van der Waals surface area contributed by atoms with E-state index in [-0.39, 0.29) is 24.4 Å². The van der Waals surface area contributed by atoms with Gasteiger partial charge in [0, 0.05) is 25.0 Å². The largest absolute Gasteiger partial charge is 0.486 e. The third-order valence-electron chi connectivity index (χ3n) is 4.98. The van der Waals surface area contributed by atoms with Gasteiger partial charge in [-0.25, -0.2) is 9.37 Å². The number of carbonyl (C=O) groups is 1. The lowest BCUT2D eigenvalue weighted by molar-refractivity contribution is 0.0492. The molecule has 1 aliphatic rings. The number of piperazine rings is 1. The highest BCUT2D eigenvalue weighted by molar-refractivity contribution is 7.09. The first kappa shape index (κ1) is 19.5. The minimum atomic E-state index is -0.306. The van der Waals surface area contributed by atoms with Gasteiger partial charge in [-0.05, 0) is 36.9 Å². The van der Waals surface area contributed by atoms with Gasteiger partial charge in [-0.1, -0.05) is 30.3 Å². The van der Waals surface area contributed by atoms with E-state index in [1.165, 1.54) is 23.5 Å². The van der Waals surface area contributed by atoms with Crippen LogP contribution in [0.3, 0.4) is 0 Å². The number of thiazole rings is 1. The predicted molar refractivity (Wildman–Crippen MR) is 111 cm³/mol. The highest BCUT2D eigenvalue weighted by Gasteiger charge is 2.31. The molecule has 150 valence electrons. The van der Waals surface area contributed by atoms with Crippen LogP contribution in [0.2, 0.25) is 0 Å². The topological polar surface area (TPSA) is 45.7 Å². The molecule has 29 heavy (non-hydrogen) atoms. The number of hydrogen-bond donors (Lipinski definition) is 0. The Labute approximate surface area is 173 Å². The van der Waals surface area contributed by atoms with E-state index in [9.17, 15) is 9.18 Å². The fourth-order valence-corrected chi connectivity index (χ4v) is 4.10. The molecule has 1 atom stereocenters. The second-order valence-electron chi connectivity index (χ2n) is 7.06. The molecule has 1 unspecified atom stereocenters. The van der Waals surface area contributed by atoms with Crippen molar-refractivity contribution in [2.24, 2.45) is 0 Å². The van der Waals surface area contributed by atoms with Gasteiger partial charge < -0.3 is 14.5 Å². The highest BCUT2D eigenvalue weighted by atomic mass is 32.1. The molecular formula is C22H22FN3O2S. The second-order valence-corrected chi connectivity index (χ2v) is 8.00. The van der Waals surface area contributed by atoms with Crippen molar-refractivity contribution in [3.8, 4) is 5.75 Å². The van der Waals surface area contributed by atoms with E-state index < -0.39 is 0 Å². The summed E-state index contributed by atoms with van der Waals surface area (Å²) < 4.78 is 18.6. The number of rotatable bonds is 5. The lowest BCUT2D eigenvalue weighted by Crippen LogP contribution is -2.49. The van der Waals surface area contributed by atoms with Crippen molar-refractivity contribution < 1.29 is 13.9 Å². The molecule has 0 radical (unpaired) electrons. The van der Waals surface area contributed by atoms with E-state index in [1.54, 1.807) is 17.5 Å². The van der Waals surface area contributed by atoms with Gasteiger partial charge in [0.2, 0.25) is 0 Å². The predicted octanol–water partition coefficient (Wildman–Crippen LogP) is 3.99. The third-order valence-corrected chi connectivity index (χ3v) is 5.80. The maximum atomic E-state index is 13.2. The Morgan fingerprint density at radius 3 is 2.69 bits per heavy atom. The van der Waals surface area contributed by atoms with Crippen LogP contribution in [0.1, 0.15) is 27.1 Å². The lowest BCUT2D eigenvalue weighted by atomic mass is 10.0. The molecule has 4 rings (SSSR count). The number of carbonyl (C=O) groups excluding carboxylic acids is 1. The molecule has 0 N–H and O–H groups in total. The molecule has 3 aromatic rings. The molecule has 1 saturated heterocycles. The normalized spacial score (nSPS) is 17.3. The van der Waals surface area contributed by atoms with Gasteiger partial charge in [-0.15, -0.1) is 11.3 Å². The SMILES string of the molecule is CN1CCN(C(=O)c2csc(COc3ccc(F)cc3)n2)C(c2ccccc2)C1. The molecule has 2 aromatic carbocycles. The zero-order valence-corrected chi connectivity index (χ0v) is 16.9. The van der Waals surface area contributed by atoms with Crippen LogP contribution in [0.4, 0.5) is 4.39 Å². The number of hydrogen-bond acceptors (Lipinski definition) is 5. The van der Waals surface area contributed by atoms with Crippen LogP contribution in [0.5, 0.6) is 5.75 Å². The van der Waals surface area contributed by atoms with Crippen LogP contribution in [0.15, 0.2) is 60.0 Å². The van der Waals surface area contributed by atoms with E-state index in [0.717, 1.165) is 18.7 Å². The molecule has 5 nitrogen and oxygen atoms in total.